The molecular formula is C18H22F3N5O2. The monoisotopic (exact) mass is 397 g/mol. The van der Waals surface area contributed by atoms with Gasteiger partial charge >= 0.3 is 12.4 Å². The van der Waals surface area contributed by atoms with Crippen molar-refractivity contribution in [2.45, 2.75) is 19.7 Å². The normalized spacial score (nSPS) is 16.9. The number of benzene rings is 1. The molecule has 7 nitrogen and oxygen atoms in total. The van der Waals surface area contributed by atoms with Gasteiger partial charge in [0.15, 0.2) is 0 Å². The first-order valence-electron chi connectivity index (χ1n) is 8.85. The third-order valence-corrected chi connectivity index (χ3v) is 4.53. The molecule has 0 saturated carbocycles. The van der Waals surface area contributed by atoms with E-state index < -0.39 is 6.36 Å². The fraction of sp³-hybridized carbons (Fsp3) is 0.444. The lowest BCUT2D eigenvalue weighted by Crippen LogP contribution is -2.34. The molecule has 0 radical (unpaired) electrons. The minimum absolute atomic E-state index is 0.240. The van der Waals surface area contributed by atoms with Gasteiger partial charge in [-0.3, -0.25) is 4.68 Å². The van der Waals surface area contributed by atoms with Crippen molar-refractivity contribution in [3.8, 4) is 5.75 Å². The molecule has 152 valence electrons. The number of nitrogens with zero attached hydrogens (tertiary/aromatic N) is 3. The summed E-state index contributed by atoms with van der Waals surface area (Å²) >= 11 is 0. The minimum atomic E-state index is -4.69. The van der Waals surface area contributed by atoms with Crippen molar-refractivity contribution in [1.82, 2.24) is 15.1 Å². The molecule has 1 aromatic heterocycles. The molecule has 2 amide bonds. The van der Waals surface area contributed by atoms with Crippen molar-refractivity contribution in [3.05, 3.63) is 36.2 Å². The maximum absolute atomic E-state index is 12.2. The molecule has 10 heteroatoms. The molecule has 28 heavy (non-hydrogen) atoms. The Balaban J connectivity index is 1.46. The zero-order valence-corrected chi connectivity index (χ0v) is 15.6. The molecule has 1 fully saturated rings. The van der Waals surface area contributed by atoms with Crippen LogP contribution in [-0.2, 0) is 7.05 Å². The topological polar surface area (TPSA) is 71.4 Å². The molecular weight excluding hydrogens is 375 g/mol. The third-order valence-electron chi connectivity index (χ3n) is 4.53. The van der Waals surface area contributed by atoms with Crippen molar-refractivity contribution in [2.75, 3.05) is 29.9 Å². The van der Waals surface area contributed by atoms with Crippen LogP contribution in [0.4, 0.5) is 29.3 Å². The lowest BCUT2D eigenvalue weighted by molar-refractivity contribution is -0.274. The predicted molar refractivity (Wildman–Crippen MR) is 98.4 cm³/mol. The number of ether oxygens (including phenoxy) is 1. The Morgan fingerprint density at radius 2 is 2.04 bits per heavy atom. The van der Waals surface area contributed by atoms with Gasteiger partial charge in [0.2, 0.25) is 0 Å². The van der Waals surface area contributed by atoms with Crippen LogP contribution in [0.2, 0.25) is 0 Å². The Morgan fingerprint density at radius 1 is 1.32 bits per heavy atom. The minimum Gasteiger partial charge on any atom is -0.406 e. The summed E-state index contributed by atoms with van der Waals surface area (Å²) in [7, 11) is 1.78. The van der Waals surface area contributed by atoms with Crippen LogP contribution in [0, 0.1) is 12.8 Å². The van der Waals surface area contributed by atoms with E-state index in [9.17, 15) is 18.0 Å². The summed E-state index contributed by atoms with van der Waals surface area (Å²) in [6.07, 6.45) is -2.08. The number of anilines is 2. The van der Waals surface area contributed by atoms with Crippen LogP contribution >= 0.6 is 0 Å². The summed E-state index contributed by atoms with van der Waals surface area (Å²) in [4.78, 5) is 14.1. The standard InChI is InChI=1S/C18H22F3N5O2/c1-12-16(11-25(2)24-12)23-17(27)22-9-13-7-8-26(10-13)14-3-5-15(6-4-14)28-18(19,20)21/h3-6,11,13H,7-10H2,1-2H3,(H2,22,23,27). The first-order chi connectivity index (χ1) is 13.2. The highest BCUT2D eigenvalue weighted by Crippen LogP contribution is 2.28. The van der Waals surface area contributed by atoms with Crippen molar-refractivity contribution in [2.24, 2.45) is 13.0 Å². The quantitative estimate of drug-likeness (QED) is 0.812. The van der Waals surface area contributed by atoms with Gasteiger partial charge in [0, 0.05) is 38.6 Å². The molecule has 2 heterocycles. The summed E-state index contributed by atoms with van der Waals surface area (Å²) in [5.41, 5.74) is 2.23. The van der Waals surface area contributed by atoms with E-state index in [-0.39, 0.29) is 17.7 Å². The Morgan fingerprint density at radius 3 is 2.64 bits per heavy atom. The average Bonchev–Trinajstić information content (AvgIpc) is 3.19. The summed E-state index contributed by atoms with van der Waals surface area (Å²) in [5.74, 6) is 0.0166. The van der Waals surface area contributed by atoms with Crippen LogP contribution in [0.15, 0.2) is 30.5 Å². The van der Waals surface area contributed by atoms with Crippen LogP contribution in [0.1, 0.15) is 12.1 Å². The van der Waals surface area contributed by atoms with Gasteiger partial charge in [-0.2, -0.15) is 5.10 Å². The van der Waals surface area contributed by atoms with Crippen molar-refractivity contribution < 1.29 is 22.7 Å². The third kappa shape index (κ3) is 5.30. The van der Waals surface area contributed by atoms with Crippen molar-refractivity contribution in [1.29, 1.82) is 0 Å². The molecule has 1 aliphatic rings. The van der Waals surface area contributed by atoms with Gasteiger partial charge in [0.1, 0.15) is 5.75 Å². The number of amides is 2. The number of alkyl halides is 3. The number of carbonyl (C=O) groups excluding carboxylic acids is 1. The van der Waals surface area contributed by atoms with Crippen molar-refractivity contribution >= 4 is 17.4 Å². The van der Waals surface area contributed by atoms with Crippen LogP contribution in [-0.4, -0.2) is 41.8 Å². The first-order valence-corrected chi connectivity index (χ1v) is 8.85. The van der Waals surface area contributed by atoms with E-state index in [4.69, 9.17) is 0 Å². The molecule has 2 aromatic rings. The van der Waals surface area contributed by atoms with Gasteiger partial charge in [-0.25, -0.2) is 4.79 Å². The lowest BCUT2D eigenvalue weighted by atomic mass is 10.1. The lowest BCUT2D eigenvalue weighted by Gasteiger charge is -2.19. The number of nitrogens with one attached hydrogen (secondary N) is 2. The Bertz CT molecular complexity index is 820. The zero-order chi connectivity index (χ0) is 20.3. The van der Waals surface area contributed by atoms with Crippen LogP contribution in [0.3, 0.4) is 0 Å². The van der Waals surface area contributed by atoms with Crippen LogP contribution < -0.4 is 20.3 Å². The van der Waals surface area contributed by atoms with E-state index in [1.165, 1.54) is 12.1 Å². The highest BCUT2D eigenvalue weighted by Gasteiger charge is 2.31. The number of aryl methyl sites for hydroxylation is 2. The molecule has 0 bridgehead atoms. The van der Waals surface area contributed by atoms with Crippen LogP contribution in [0.5, 0.6) is 5.75 Å². The fourth-order valence-electron chi connectivity index (χ4n) is 3.22. The maximum atomic E-state index is 12.2. The number of rotatable bonds is 5. The largest absolute Gasteiger partial charge is 0.573 e. The number of halogens is 3. The van der Waals surface area contributed by atoms with Crippen molar-refractivity contribution in [3.63, 3.8) is 0 Å². The predicted octanol–water partition coefficient (Wildman–Crippen LogP) is 3.28. The van der Waals surface area contributed by atoms with E-state index >= 15 is 0 Å². The maximum Gasteiger partial charge on any atom is 0.573 e. The SMILES string of the molecule is Cc1nn(C)cc1NC(=O)NCC1CCN(c2ccc(OC(F)(F)F)cc2)C1. The molecule has 1 aromatic carbocycles. The zero-order valence-electron chi connectivity index (χ0n) is 15.6. The summed E-state index contributed by atoms with van der Waals surface area (Å²) in [5, 5.41) is 9.79. The van der Waals surface area contributed by atoms with Gasteiger partial charge < -0.3 is 20.3 Å². The highest BCUT2D eigenvalue weighted by molar-refractivity contribution is 5.89. The number of hydrogen-bond acceptors (Lipinski definition) is 4. The van der Waals surface area contributed by atoms with Gasteiger partial charge in [-0.1, -0.05) is 0 Å². The Labute approximate surface area is 160 Å². The number of aromatic nitrogens is 2. The van der Waals surface area contributed by atoms with E-state index in [1.807, 2.05) is 6.92 Å². The number of carbonyl (C=O) groups is 1. The average molecular weight is 397 g/mol. The Hall–Kier alpha value is -2.91. The fourth-order valence-corrected chi connectivity index (χ4v) is 3.22. The second-order valence-corrected chi connectivity index (χ2v) is 6.78. The Kier molecular flexibility index (Phi) is 5.66. The molecule has 1 saturated heterocycles. The van der Waals surface area contributed by atoms with E-state index in [0.717, 1.165) is 24.3 Å². The second-order valence-electron chi connectivity index (χ2n) is 6.78. The molecule has 3 rings (SSSR count). The summed E-state index contributed by atoms with van der Waals surface area (Å²) < 4.78 is 42.2. The second kappa shape index (κ2) is 7.99. The van der Waals surface area contributed by atoms with Gasteiger partial charge in [-0.05, 0) is 43.5 Å². The number of hydrogen-bond donors (Lipinski definition) is 2. The van der Waals surface area contributed by atoms with Crippen LogP contribution in [0.25, 0.3) is 0 Å². The first kappa shape index (κ1) is 19.8. The molecule has 1 unspecified atom stereocenters. The highest BCUT2D eigenvalue weighted by atomic mass is 19.4. The molecule has 0 aliphatic carbocycles. The molecule has 1 aliphatic heterocycles. The van der Waals surface area contributed by atoms with E-state index in [0.29, 0.717) is 18.8 Å². The smallest absolute Gasteiger partial charge is 0.406 e. The van der Waals surface area contributed by atoms with Gasteiger partial charge in [0.25, 0.3) is 0 Å². The summed E-state index contributed by atoms with van der Waals surface area (Å²) in [6, 6.07) is 5.53. The van der Waals surface area contributed by atoms with E-state index in [2.05, 4.69) is 25.4 Å². The van der Waals surface area contributed by atoms with Gasteiger partial charge in [0.05, 0.1) is 11.4 Å². The van der Waals surface area contributed by atoms with E-state index in [1.54, 1.807) is 30.1 Å². The molecule has 0 spiro atoms. The summed E-state index contributed by atoms with van der Waals surface area (Å²) in [6.45, 7) is 3.81. The number of urea groups is 1. The van der Waals surface area contributed by atoms with Gasteiger partial charge in [-0.15, -0.1) is 13.2 Å². The molecule has 2 N–H and O–H groups in total. The molecule has 1 atom stereocenters.